The first-order valence-corrected chi connectivity index (χ1v) is 11.4. The summed E-state index contributed by atoms with van der Waals surface area (Å²) >= 11 is 1.47. The van der Waals surface area contributed by atoms with Gasteiger partial charge in [0.15, 0.2) is 0 Å². The molecule has 0 fully saturated rings. The Labute approximate surface area is 199 Å². The second-order valence-corrected chi connectivity index (χ2v) is 8.31. The summed E-state index contributed by atoms with van der Waals surface area (Å²) in [4.78, 5) is 34.8. The molecule has 166 valence electrons. The fourth-order valence-electron chi connectivity index (χ4n) is 3.63. The van der Waals surface area contributed by atoms with Crippen molar-refractivity contribution in [3.8, 4) is 33.0 Å². The number of aromatic nitrogens is 4. The molecule has 7 nitrogen and oxygen atoms in total. The lowest BCUT2D eigenvalue weighted by Gasteiger charge is -2.13. The zero-order chi connectivity index (χ0) is 23.3. The molecule has 5 aromatic rings. The fourth-order valence-corrected chi connectivity index (χ4v) is 4.44. The van der Waals surface area contributed by atoms with Crippen LogP contribution in [0.3, 0.4) is 0 Å². The largest absolute Gasteiger partial charge is 0.346 e. The van der Waals surface area contributed by atoms with Crippen LogP contribution in [0.15, 0.2) is 95.4 Å². The average Bonchev–Trinajstić information content (AvgIpc) is 3.38. The van der Waals surface area contributed by atoms with Crippen LogP contribution in [0.1, 0.15) is 16.1 Å². The molecule has 0 aliphatic carbocycles. The molecular weight excluding hydrogens is 446 g/mol. The second-order valence-electron chi connectivity index (χ2n) is 7.45. The maximum atomic E-state index is 13.3. The monoisotopic (exact) mass is 465 g/mol. The van der Waals surface area contributed by atoms with E-state index in [1.54, 1.807) is 12.4 Å². The number of carbonyl (C=O) groups is 1. The fraction of sp³-hybridized carbons (Fsp3) is 0.0385. The molecule has 0 aliphatic rings. The lowest BCUT2D eigenvalue weighted by Crippen LogP contribution is -2.31. The molecule has 8 heteroatoms. The van der Waals surface area contributed by atoms with Crippen molar-refractivity contribution in [3.63, 3.8) is 0 Å². The van der Waals surface area contributed by atoms with Crippen molar-refractivity contribution in [2.24, 2.45) is 0 Å². The number of hydrogen-bond acceptors (Lipinski definition) is 6. The molecule has 0 atom stereocenters. The molecule has 0 spiro atoms. The second kappa shape index (κ2) is 9.60. The van der Waals surface area contributed by atoms with Gasteiger partial charge in [0.1, 0.15) is 10.6 Å². The Kier molecular flexibility index (Phi) is 6.05. The van der Waals surface area contributed by atoms with E-state index < -0.39 is 11.5 Å². The van der Waals surface area contributed by atoms with Gasteiger partial charge < -0.3 is 5.32 Å². The number of rotatable bonds is 6. The van der Waals surface area contributed by atoms with Crippen molar-refractivity contribution in [2.45, 2.75) is 6.54 Å². The zero-order valence-corrected chi connectivity index (χ0v) is 18.8. The van der Waals surface area contributed by atoms with E-state index in [1.807, 2.05) is 78.2 Å². The van der Waals surface area contributed by atoms with Gasteiger partial charge in [-0.25, -0.2) is 10.1 Å². The summed E-state index contributed by atoms with van der Waals surface area (Å²) in [6.45, 7) is 0.187. The third-order valence-electron chi connectivity index (χ3n) is 5.21. The number of pyridine rings is 1. The highest BCUT2D eigenvalue weighted by Gasteiger charge is 2.23. The molecule has 0 unspecified atom stereocenters. The number of H-pyrrole nitrogens is 1. The standard InChI is InChI=1S/C26H19N5O2S/c32-24(28-15-20-16-34-26(29-20)19-12-7-13-27-14-19)22-21(17-8-3-1-4-9-17)23(30-31-25(22)33)18-10-5-2-6-11-18/h1-14,16H,15H2,(H,28,32)(H,31,33). The zero-order valence-electron chi connectivity index (χ0n) is 17.9. The Balaban J connectivity index is 1.49. The Morgan fingerprint density at radius 3 is 2.32 bits per heavy atom. The van der Waals surface area contributed by atoms with E-state index in [2.05, 4.69) is 25.5 Å². The molecule has 3 heterocycles. The SMILES string of the molecule is O=C(NCc1csc(-c2cccnc2)n1)c1c(-c2ccccc2)c(-c2ccccc2)n[nH]c1=O. The lowest BCUT2D eigenvalue weighted by atomic mass is 9.95. The van der Waals surface area contributed by atoms with Crippen LogP contribution >= 0.6 is 11.3 Å². The minimum absolute atomic E-state index is 0.0164. The van der Waals surface area contributed by atoms with E-state index >= 15 is 0 Å². The molecule has 2 aromatic carbocycles. The van der Waals surface area contributed by atoms with Crippen molar-refractivity contribution in [1.82, 2.24) is 25.5 Å². The van der Waals surface area contributed by atoms with Gasteiger partial charge in [-0.15, -0.1) is 11.3 Å². The Hall–Kier alpha value is -4.43. The molecule has 2 N–H and O–H groups in total. The summed E-state index contributed by atoms with van der Waals surface area (Å²) in [7, 11) is 0. The number of benzene rings is 2. The van der Waals surface area contributed by atoms with Crippen LogP contribution in [-0.4, -0.2) is 26.1 Å². The number of amides is 1. The van der Waals surface area contributed by atoms with E-state index in [0.717, 1.165) is 21.7 Å². The number of nitrogens with one attached hydrogen (secondary N) is 2. The highest BCUT2D eigenvalue weighted by atomic mass is 32.1. The lowest BCUT2D eigenvalue weighted by molar-refractivity contribution is 0.0949. The normalized spacial score (nSPS) is 10.7. The van der Waals surface area contributed by atoms with Gasteiger partial charge in [0.2, 0.25) is 0 Å². The molecule has 0 radical (unpaired) electrons. The molecule has 0 saturated heterocycles. The third kappa shape index (κ3) is 4.39. The van der Waals surface area contributed by atoms with E-state index in [4.69, 9.17) is 0 Å². The number of aromatic amines is 1. The van der Waals surface area contributed by atoms with Crippen molar-refractivity contribution in [2.75, 3.05) is 0 Å². The predicted octanol–water partition coefficient (Wildman–Crippen LogP) is 4.55. The molecule has 1 amide bonds. The number of hydrogen-bond donors (Lipinski definition) is 2. The first-order chi connectivity index (χ1) is 16.7. The summed E-state index contributed by atoms with van der Waals surface area (Å²) in [6.07, 6.45) is 3.45. The van der Waals surface area contributed by atoms with Crippen LogP contribution in [0, 0.1) is 0 Å². The highest BCUT2D eigenvalue weighted by molar-refractivity contribution is 7.13. The third-order valence-corrected chi connectivity index (χ3v) is 6.15. The smallest absolute Gasteiger partial charge is 0.277 e. The van der Waals surface area contributed by atoms with Crippen molar-refractivity contribution in [1.29, 1.82) is 0 Å². The predicted molar refractivity (Wildman–Crippen MR) is 132 cm³/mol. The maximum Gasteiger partial charge on any atom is 0.277 e. The number of thiazole rings is 1. The van der Waals surface area contributed by atoms with Gasteiger partial charge in [0, 0.05) is 34.5 Å². The topological polar surface area (TPSA) is 101 Å². The van der Waals surface area contributed by atoms with E-state index in [-0.39, 0.29) is 12.1 Å². The summed E-state index contributed by atoms with van der Waals surface area (Å²) in [5.41, 5.74) is 3.63. The van der Waals surface area contributed by atoms with Crippen LogP contribution in [0.4, 0.5) is 0 Å². The molecule has 0 saturated carbocycles. The van der Waals surface area contributed by atoms with Gasteiger partial charge in [-0.2, -0.15) is 5.10 Å². The average molecular weight is 466 g/mol. The minimum Gasteiger partial charge on any atom is -0.346 e. The van der Waals surface area contributed by atoms with E-state index in [9.17, 15) is 9.59 Å². The van der Waals surface area contributed by atoms with Gasteiger partial charge in [0.05, 0.1) is 17.9 Å². The summed E-state index contributed by atoms with van der Waals surface area (Å²) < 4.78 is 0. The summed E-state index contributed by atoms with van der Waals surface area (Å²) in [6, 6.07) is 22.6. The first-order valence-electron chi connectivity index (χ1n) is 10.6. The minimum atomic E-state index is -0.551. The molecule has 3 aromatic heterocycles. The molecule has 0 bridgehead atoms. The quantitative estimate of drug-likeness (QED) is 0.383. The molecular formula is C26H19N5O2S. The maximum absolute atomic E-state index is 13.3. The first kappa shape index (κ1) is 21.4. The van der Waals surface area contributed by atoms with Crippen LogP contribution in [0.5, 0.6) is 0 Å². The molecule has 5 rings (SSSR count). The van der Waals surface area contributed by atoms with Crippen LogP contribution in [0.25, 0.3) is 33.0 Å². The van der Waals surface area contributed by atoms with Crippen LogP contribution in [0.2, 0.25) is 0 Å². The van der Waals surface area contributed by atoms with Gasteiger partial charge >= 0.3 is 0 Å². The Morgan fingerprint density at radius 1 is 0.912 bits per heavy atom. The van der Waals surface area contributed by atoms with Crippen molar-refractivity contribution < 1.29 is 4.79 Å². The number of nitrogens with zero attached hydrogens (tertiary/aromatic N) is 3. The Morgan fingerprint density at radius 2 is 1.62 bits per heavy atom. The van der Waals surface area contributed by atoms with E-state index in [0.29, 0.717) is 17.0 Å². The van der Waals surface area contributed by atoms with E-state index in [1.165, 1.54) is 11.3 Å². The van der Waals surface area contributed by atoms with Crippen molar-refractivity contribution >= 4 is 17.2 Å². The molecule has 34 heavy (non-hydrogen) atoms. The highest BCUT2D eigenvalue weighted by Crippen LogP contribution is 2.31. The summed E-state index contributed by atoms with van der Waals surface area (Å²) in [5.74, 6) is -0.490. The number of carbonyl (C=O) groups excluding carboxylic acids is 1. The van der Waals surface area contributed by atoms with Gasteiger partial charge in [-0.3, -0.25) is 14.6 Å². The van der Waals surface area contributed by atoms with Crippen LogP contribution in [-0.2, 0) is 6.54 Å². The van der Waals surface area contributed by atoms with Crippen molar-refractivity contribution in [3.05, 3.63) is 112 Å². The molecule has 0 aliphatic heterocycles. The van der Waals surface area contributed by atoms with Crippen LogP contribution < -0.4 is 10.9 Å². The van der Waals surface area contributed by atoms with Gasteiger partial charge in [-0.05, 0) is 17.7 Å². The van der Waals surface area contributed by atoms with Gasteiger partial charge in [-0.1, -0.05) is 60.7 Å². The van der Waals surface area contributed by atoms with Gasteiger partial charge in [0.25, 0.3) is 11.5 Å². The Bertz CT molecular complexity index is 1480. The summed E-state index contributed by atoms with van der Waals surface area (Å²) in [5, 5.41) is 12.3.